The van der Waals surface area contributed by atoms with Crippen LogP contribution in [0.4, 0.5) is 15.8 Å². The summed E-state index contributed by atoms with van der Waals surface area (Å²) in [6.45, 7) is 7.96. The normalized spacial score (nSPS) is 10.5. The highest BCUT2D eigenvalue weighted by atomic mass is 32.1. The molecule has 9 heteroatoms. The first-order valence-corrected chi connectivity index (χ1v) is 12.9. The number of carbonyl (C=O) groups excluding carboxylic acids is 1. The first-order valence-electron chi connectivity index (χ1n) is 11.2. The lowest BCUT2D eigenvalue weighted by atomic mass is 10.2. The molecule has 1 aromatic carbocycles. The molecule has 184 valence electrons. The number of hydrogen-bond donors (Lipinski definition) is 2. The monoisotopic (exact) mass is 509 g/mol. The molecule has 1 amide bonds. The number of nitrogens with one attached hydrogen (secondary N) is 2. The predicted octanol–water partition coefficient (Wildman–Crippen LogP) is 7.66. The molecule has 7 nitrogen and oxygen atoms in total. The molecule has 0 saturated heterocycles. The lowest BCUT2D eigenvalue weighted by molar-refractivity contribution is 0.103. The lowest BCUT2D eigenvalue weighted by Crippen LogP contribution is -2.10. The minimum Gasteiger partial charge on any atom is -0.497 e. The number of hydrogen-bond acceptors (Lipinski definition) is 7. The Morgan fingerprint density at radius 3 is 2.66 bits per heavy atom. The highest BCUT2D eigenvalue weighted by molar-refractivity contribution is 7.20. The van der Waals surface area contributed by atoms with Crippen LogP contribution < -0.4 is 15.4 Å². The number of nitrogens with zero attached hydrogens (tertiary/aromatic N) is 3. The van der Waals surface area contributed by atoms with Crippen molar-refractivity contribution in [3.8, 4) is 16.3 Å². The lowest BCUT2D eigenvalue weighted by Gasteiger charge is -2.06. The smallest absolute Gasteiger partial charge is 0.265 e. The summed E-state index contributed by atoms with van der Waals surface area (Å²) in [5, 5.41) is 7.89. The van der Waals surface area contributed by atoms with E-state index in [1.807, 2.05) is 93.0 Å². The van der Waals surface area contributed by atoms with Crippen LogP contribution in [-0.2, 0) is 0 Å². The van der Waals surface area contributed by atoms with E-state index in [-0.39, 0.29) is 8.76 Å². The zero-order chi connectivity index (χ0) is 24.9. The molecule has 0 fully saturated rings. The van der Waals surface area contributed by atoms with Crippen molar-refractivity contribution in [2.24, 2.45) is 0 Å². The maximum atomic E-state index is 12.6. The van der Waals surface area contributed by atoms with Crippen molar-refractivity contribution >= 4 is 50.0 Å². The second-order valence-corrected chi connectivity index (χ2v) is 9.54. The second kappa shape index (κ2) is 10.7. The topological polar surface area (TPSA) is 80.5 Å². The molecule has 2 N–H and O–H groups in total. The Balaban J connectivity index is 0.00000118. The van der Waals surface area contributed by atoms with E-state index in [2.05, 4.69) is 20.6 Å². The van der Waals surface area contributed by atoms with Gasteiger partial charge >= 0.3 is 0 Å². The van der Waals surface area contributed by atoms with Crippen molar-refractivity contribution in [3.63, 3.8) is 0 Å². The number of pyridine rings is 1. The second-order valence-electron chi connectivity index (χ2n) is 7.43. The fourth-order valence-corrected chi connectivity index (χ4v) is 5.33. The van der Waals surface area contributed by atoms with Crippen LogP contribution in [0, 0.1) is 13.8 Å². The third-order valence-corrected chi connectivity index (χ3v) is 7.12. The predicted molar refractivity (Wildman–Crippen MR) is 150 cm³/mol. The van der Waals surface area contributed by atoms with Crippen molar-refractivity contribution in [1.82, 2.24) is 14.4 Å². The van der Waals surface area contributed by atoms with Crippen LogP contribution in [0.5, 0.6) is 5.75 Å². The van der Waals surface area contributed by atoms with Gasteiger partial charge in [0.25, 0.3) is 5.91 Å². The van der Waals surface area contributed by atoms with Gasteiger partial charge in [-0.2, -0.15) is 0 Å². The van der Waals surface area contributed by atoms with E-state index in [4.69, 9.17) is 4.74 Å². The van der Waals surface area contributed by atoms with Gasteiger partial charge in [-0.25, -0.2) is 9.97 Å². The number of imidazole rings is 1. The average molecular weight is 510 g/mol. The van der Waals surface area contributed by atoms with Crippen molar-refractivity contribution in [3.05, 3.63) is 77.1 Å². The van der Waals surface area contributed by atoms with Gasteiger partial charge in [-0.1, -0.05) is 43.4 Å². The number of para-hydroxylation sites is 1. The average Bonchev–Trinajstić information content (AvgIpc) is 3.60. The SMILES string of the molecule is CC.COc1ccn2c(-c3cnc(Nc4ccc(C(=O)Nc5ccccc5C)s4)s3)c(C)nc2c1.[HH].[HH]. The number of carbonyl (C=O) groups is 1. The van der Waals surface area contributed by atoms with Gasteiger partial charge in [0.15, 0.2) is 5.13 Å². The fraction of sp³-hybridized carbons (Fsp3) is 0.192. The van der Waals surface area contributed by atoms with Gasteiger partial charge < -0.3 is 15.4 Å². The largest absolute Gasteiger partial charge is 0.497 e. The van der Waals surface area contributed by atoms with Crippen LogP contribution in [0.2, 0.25) is 0 Å². The molecule has 4 aromatic heterocycles. The summed E-state index contributed by atoms with van der Waals surface area (Å²) < 4.78 is 7.34. The number of aromatic nitrogens is 3. The molecule has 0 bridgehead atoms. The molecule has 4 heterocycles. The number of amides is 1. The van der Waals surface area contributed by atoms with Gasteiger partial charge in [0.2, 0.25) is 0 Å². The minimum atomic E-state index is -0.126. The highest BCUT2D eigenvalue weighted by Crippen LogP contribution is 2.35. The maximum Gasteiger partial charge on any atom is 0.265 e. The standard InChI is InChI=1S/C24H21N5O2S2.C2H6.2H2/c1-14-6-4-5-7-17(14)27-23(30)18-8-9-21(32-18)28-24-25-13-19(33-24)22-15(2)26-20-12-16(31-3)10-11-29(20)22;1-2;;/h4-13H,1-3H3,(H,25,28)(H,27,30);1-2H3;2*1H. The summed E-state index contributed by atoms with van der Waals surface area (Å²) in [6, 6.07) is 15.3. The van der Waals surface area contributed by atoms with E-state index >= 15 is 0 Å². The minimum absolute atomic E-state index is 0. The summed E-state index contributed by atoms with van der Waals surface area (Å²) >= 11 is 2.93. The van der Waals surface area contributed by atoms with Crippen LogP contribution >= 0.6 is 22.7 Å². The first-order chi connectivity index (χ1) is 17.0. The number of thiophene rings is 1. The summed E-state index contributed by atoms with van der Waals surface area (Å²) in [4.78, 5) is 23.5. The Labute approximate surface area is 215 Å². The van der Waals surface area contributed by atoms with Crippen molar-refractivity contribution in [1.29, 1.82) is 0 Å². The van der Waals surface area contributed by atoms with Gasteiger partial charge in [0, 0.05) is 27.0 Å². The Bertz CT molecular complexity index is 1480. The molecule has 0 saturated carbocycles. The molecule has 35 heavy (non-hydrogen) atoms. The number of ether oxygens (including phenoxy) is 1. The van der Waals surface area contributed by atoms with Gasteiger partial charge in [0.1, 0.15) is 11.4 Å². The molecule has 5 aromatic rings. The van der Waals surface area contributed by atoms with E-state index in [1.165, 1.54) is 22.7 Å². The fourth-order valence-electron chi connectivity index (χ4n) is 3.54. The van der Waals surface area contributed by atoms with Crippen LogP contribution in [0.3, 0.4) is 0 Å². The first kappa shape index (κ1) is 24.4. The molecule has 0 spiro atoms. The Kier molecular flexibility index (Phi) is 7.48. The van der Waals surface area contributed by atoms with Crippen molar-refractivity contribution in [2.45, 2.75) is 27.7 Å². The maximum absolute atomic E-state index is 12.6. The van der Waals surface area contributed by atoms with E-state index in [0.717, 1.165) is 49.0 Å². The van der Waals surface area contributed by atoms with Crippen LogP contribution in [-0.4, -0.2) is 27.4 Å². The molecule has 0 unspecified atom stereocenters. The van der Waals surface area contributed by atoms with E-state index in [0.29, 0.717) is 4.88 Å². The number of anilines is 3. The van der Waals surface area contributed by atoms with Gasteiger partial charge in [0.05, 0.1) is 33.3 Å². The van der Waals surface area contributed by atoms with Gasteiger partial charge in [-0.15, -0.1) is 11.3 Å². The molecular weight excluding hydrogens is 478 g/mol. The number of benzene rings is 1. The van der Waals surface area contributed by atoms with E-state index < -0.39 is 0 Å². The summed E-state index contributed by atoms with van der Waals surface area (Å²) in [7, 11) is 1.64. The van der Waals surface area contributed by atoms with Gasteiger partial charge in [-0.3, -0.25) is 9.20 Å². The summed E-state index contributed by atoms with van der Waals surface area (Å²) in [6.07, 6.45) is 3.79. The van der Waals surface area contributed by atoms with E-state index in [9.17, 15) is 4.79 Å². The third-order valence-electron chi connectivity index (χ3n) is 5.20. The molecule has 0 atom stereocenters. The molecule has 0 radical (unpaired) electrons. The molecule has 0 aliphatic carbocycles. The number of thiazole rings is 1. The van der Waals surface area contributed by atoms with E-state index in [1.54, 1.807) is 7.11 Å². The Morgan fingerprint density at radius 2 is 1.89 bits per heavy atom. The summed E-state index contributed by atoms with van der Waals surface area (Å²) in [5.74, 6) is 0.643. The Hall–Kier alpha value is -3.69. The summed E-state index contributed by atoms with van der Waals surface area (Å²) in [5.41, 5.74) is 4.59. The van der Waals surface area contributed by atoms with Crippen LogP contribution in [0.1, 0.15) is 37.6 Å². The van der Waals surface area contributed by atoms with Crippen molar-refractivity contribution < 1.29 is 12.4 Å². The number of methoxy groups -OCH3 is 1. The third kappa shape index (κ3) is 5.21. The molecule has 5 rings (SSSR count). The zero-order valence-corrected chi connectivity index (χ0v) is 21.9. The number of rotatable bonds is 6. The number of aryl methyl sites for hydroxylation is 2. The quantitative estimate of drug-likeness (QED) is 0.246. The molecule has 0 aliphatic rings. The van der Waals surface area contributed by atoms with Gasteiger partial charge in [-0.05, 0) is 43.7 Å². The molecular formula is C26H31N5O2S2. The highest BCUT2D eigenvalue weighted by Gasteiger charge is 2.16. The zero-order valence-electron chi connectivity index (χ0n) is 20.2. The number of fused-ring (bicyclic) bond motifs is 1. The van der Waals surface area contributed by atoms with Crippen LogP contribution in [0.15, 0.2) is 60.9 Å². The Morgan fingerprint density at radius 1 is 1.09 bits per heavy atom. The van der Waals surface area contributed by atoms with Crippen molar-refractivity contribution in [2.75, 3.05) is 17.7 Å². The molecule has 0 aliphatic heterocycles. The van der Waals surface area contributed by atoms with Crippen LogP contribution in [0.25, 0.3) is 16.2 Å².